The molecule has 3 rings (SSSR count). The smallest absolute Gasteiger partial charge is 0.416 e. The van der Waals surface area contributed by atoms with Crippen LogP contribution in [0.15, 0.2) is 34.7 Å². The Kier molecular flexibility index (Phi) is 3.97. The van der Waals surface area contributed by atoms with E-state index in [0.29, 0.717) is 5.56 Å². The number of rotatable bonds is 2. The molecule has 1 heterocycles. The summed E-state index contributed by atoms with van der Waals surface area (Å²) in [5.74, 6) is -11.0. The Morgan fingerprint density at radius 3 is 1.76 bits per heavy atom. The molecule has 0 fully saturated rings. The molecule has 0 saturated carbocycles. The fraction of sp³-hybridized carbons (Fsp3) is 0.0667. The van der Waals surface area contributed by atoms with Crippen molar-refractivity contribution in [1.29, 1.82) is 0 Å². The second-order valence-electron chi connectivity index (χ2n) is 4.78. The first-order valence-corrected chi connectivity index (χ1v) is 6.54. The Morgan fingerprint density at radius 1 is 0.720 bits per heavy atom. The SMILES string of the molecule is Fc1c(F)c(C(F)(F)F)c(F)c(F)c1-c1nnc(-c2ccccc2)o1. The Balaban J connectivity index is 2.18. The summed E-state index contributed by atoms with van der Waals surface area (Å²) in [5, 5.41) is 6.71. The molecule has 0 radical (unpaired) electrons. The Labute approximate surface area is 134 Å². The van der Waals surface area contributed by atoms with Gasteiger partial charge in [0.1, 0.15) is 11.1 Å². The number of aromatic nitrogens is 2. The summed E-state index contributed by atoms with van der Waals surface area (Å²) in [6.07, 6.45) is -5.63. The van der Waals surface area contributed by atoms with Crippen molar-refractivity contribution in [3.8, 4) is 22.9 Å². The quantitative estimate of drug-likeness (QED) is 0.477. The van der Waals surface area contributed by atoms with Crippen LogP contribution in [0.4, 0.5) is 30.7 Å². The summed E-state index contributed by atoms with van der Waals surface area (Å²) in [6.45, 7) is 0. The minimum Gasteiger partial charge on any atom is -0.416 e. The van der Waals surface area contributed by atoms with Crippen molar-refractivity contribution in [3.63, 3.8) is 0 Å². The maximum absolute atomic E-state index is 13.9. The lowest BCUT2D eigenvalue weighted by molar-refractivity contribution is -0.143. The van der Waals surface area contributed by atoms with E-state index in [9.17, 15) is 30.7 Å². The second kappa shape index (κ2) is 5.87. The standard InChI is InChI=1S/C15H5F7N2O/c16-9-7(10(17)12(19)8(11(9)18)15(20,21)22)14-24-23-13(25-14)6-4-2-1-3-5-6/h1-5H. The molecule has 0 aliphatic rings. The van der Waals surface area contributed by atoms with Crippen molar-refractivity contribution >= 4 is 0 Å². The van der Waals surface area contributed by atoms with Crippen LogP contribution in [0, 0.1) is 23.3 Å². The van der Waals surface area contributed by atoms with Gasteiger partial charge in [-0.25, -0.2) is 17.6 Å². The van der Waals surface area contributed by atoms with Gasteiger partial charge in [0.05, 0.1) is 0 Å². The van der Waals surface area contributed by atoms with Crippen LogP contribution < -0.4 is 0 Å². The van der Waals surface area contributed by atoms with Gasteiger partial charge in [-0.15, -0.1) is 10.2 Å². The number of benzene rings is 2. The van der Waals surface area contributed by atoms with Crippen LogP contribution in [0.2, 0.25) is 0 Å². The Morgan fingerprint density at radius 2 is 1.24 bits per heavy atom. The molecule has 2 aromatic carbocycles. The van der Waals surface area contributed by atoms with Gasteiger partial charge in [-0.05, 0) is 12.1 Å². The molecule has 0 atom stereocenters. The summed E-state index contributed by atoms with van der Waals surface area (Å²) >= 11 is 0. The van der Waals surface area contributed by atoms with Gasteiger partial charge in [0, 0.05) is 5.56 Å². The van der Waals surface area contributed by atoms with E-state index < -0.39 is 46.5 Å². The molecule has 0 N–H and O–H groups in total. The minimum atomic E-state index is -5.63. The molecular formula is C15H5F7N2O. The Hall–Kier alpha value is -2.91. The lowest BCUT2D eigenvalue weighted by atomic mass is 10.1. The van der Waals surface area contributed by atoms with Crippen molar-refractivity contribution in [2.45, 2.75) is 6.18 Å². The van der Waals surface area contributed by atoms with Crippen LogP contribution in [0.25, 0.3) is 22.9 Å². The zero-order chi connectivity index (χ0) is 18.4. The number of alkyl halides is 3. The highest BCUT2D eigenvalue weighted by Gasteiger charge is 2.43. The molecule has 130 valence electrons. The fourth-order valence-electron chi connectivity index (χ4n) is 2.09. The first kappa shape index (κ1) is 16.9. The van der Waals surface area contributed by atoms with E-state index in [1.807, 2.05) is 0 Å². The average molecular weight is 362 g/mol. The molecule has 0 aliphatic heterocycles. The van der Waals surface area contributed by atoms with Crippen molar-refractivity contribution in [2.75, 3.05) is 0 Å². The molecule has 10 heteroatoms. The summed E-state index contributed by atoms with van der Waals surface area (Å²) in [7, 11) is 0. The topological polar surface area (TPSA) is 38.9 Å². The van der Waals surface area contributed by atoms with Crippen molar-refractivity contribution in [2.24, 2.45) is 0 Å². The number of nitrogens with zero attached hydrogens (tertiary/aromatic N) is 2. The van der Waals surface area contributed by atoms with Crippen LogP contribution >= 0.6 is 0 Å². The maximum Gasteiger partial charge on any atom is 0.422 e. The van der Waals surface area contributed by atoms with Gasteiger partial charge >= 0.3 is 6.18 Å². The van der Waals surface area contributed by atoms with E-state index in [-0.39, 0.29) is 5.89 Å². The van der Waals surface area contributed by atoms with Crippen LogP contribution in [-0.4, -0.2) is 10.2 Å². The summed E-state index contributed by atoms with van der Waals surface area (Å²) in [6, 6.07) is 7.81. The molecule has 3 nitrogen and oxygen atoms in total. The highest BCUT2D eigenvalue weighted by atomic mass is 19.4. The highest BCUT2D eigenvalue weighted by Crippen LogP contribution is 2.39. The number of hydrogen-bond donors (Lipinski definition) is 0. The van der Waals surface area contributed by atoms with Crippen molar-refractivity contribution in [1.82, 2.24) is 10.2 Å². The van der Waals surface area contributed by atoms with Gasteiger partial charge < -0.3 is 4.42 Å². The third-order valence-corrected chi connectivity index (χ3v) is 3.21. The maximum atomic E-state index is 13.9. The molecule has 3 aromatic rings. The fourth-order valence-corrected chi connectivity index (χ4v) is 2.09. The van der Waals surface area contributed by atoms with Crippen LogP contribution in [0.1, 0.15) is 5.56 Å². The molecular weight excluding hydrogens is 357 g/mol. The zero-order valence-corrected chi connectivity index (χ0v) is 11.8. The van der Waals surface area contributed by atoms with Gasteiger partial charge in [-0.1, -0.05) is 18.2 Å². The van der Waals surface area contributed by atoms with Crippen molar-refractivity contribution in [3.05, 3.63) is 59.2 Å². The zero-order valence-electron chi connectivity index (χ0n) is 11.8. The van der Waals surface area contributed by atoms with Crippen LogP contribution in [-0.2, 0) is 6.18 Å². The van der Waals surface area contributed by atoms with Gasteiger partial charge in [-0.2, -0.15) is 13.2 Å². The molecule has 0 spiro atoms. The Bertz CT molecular complexity index is 906. The van der Waals surface area contributed by atoms with E-state index >= 15 is 0 Å². The van der Waals surface area contributed by atoms with E-state index in [0.717, 1.165) is 0 Å². The largest absolute Gasteiger partial charge is 0.422 e. The third-order valence-electron chi connectivity index (χ3n) is 3.21. The summed E-state index contributed by atoms with van der Waals surface area (Å²) < 4.78 is 97.7. The predicted molar refractivity (Wildman–Crippen MR) is 70.0 cm³/mol. The minimum absolute atomic E-state index is 0.241. The van der Waals surface area contributed by atoms with E-state index in [1.165, 1.54) is 12.1 Å². The van der Waals surface area contributed by atoms with Gasteiger partial charge in [-0.3, -0.25) is 0 Å². The molecule has 0 unspecified atom stereocenters. The average Bonchev–Trinajstić information content (AvgIpc) is 3.03. The molecule has 0 saturated heterocycles. The lowest BCUT2D eigenvalue weighted by Gasteiger charge is -2.12. The number of halogens is 7. The molecule has 1 aromatic heterocycles. The monoisotopic (exact) mass is 362 g/mol. The van der Waals surface area contributed by atoms with E-state index in [2.05, 4.69) is 10.2 Å². The predicted octanol–water partition coefficient (Wildman–Crippen LogP) is 4.98. The third kappa shape index (κ3) is 2.83. The molecule has 0 amide bonds. The van der Waals surface area contributed by atoms with Crippen LogP contribution in [0.5, 0.6) is 0 Å². The molecule has 0 aliphatic carbocycles. The van der Waals surface area contributed by atoms with E-state index in [1.54, 1.807) is 18.2 Å². The van der Waals surface area contributed by atoms with Gasteiger partial charge in [0.15, 0.2) is 23.3 Å². The highest BCUT2D eigenvalue weighted by molar-refractivity contribution is 5.60. The second-order valence-corrected chi connectivity index (χ2v) is 4.78. The summed E-state index contributed by atoms with van der Waals surface area (Å²) in [5.41, 5.74) is -3.86. The van der Waals surface area contributed by atoms with E-state index in [4.69, 9.17) is 4.42 Å². The molecule has 0 bridgehead atoms. The van der Waals surface area contributed by atoms with Crippen molar-refractivity contribution < 1.29 is 35.2 Å². The van der Waals surface area contributed by atoms with Crippen LogP contribution in [0.3, 0.4) is 0 Å². The lowest BCUT2D eigenvalue weighted by Crippen LogP contribution is -2.16. The number of hydrogen-bond acceptors (Lipinski definition) is 3. The first-order chi connectivity index (χ1) is 11.7. The normalized spacial score (nSPS) is 11.8. The summed E-state index contributed by atoms with van der Waals surface area (Å²) in [4.78, 5) is 0. The molecule has 25 heavy (non-hydrogen) atoms. The van der Waals surface area contributed by atoms with Gasteiger partial charge in [0.25, 0.3) is 5.89 Å². The first-order valence-electron chi connectivity index (χ1n) is 6.54. The van der Waals surface area contributed by atoms with Gasteiger partial charge in [0.2, 0.25) is 5.89 Å².